The Bertz CT molecular complexity index is 253. The summed E-state index contributed by atoms with van der Waals surface area (Å²) in [5.74, 6) is 0. The summed E-state index contributed by atoms with van der Waals surface area (Å²) in [6.45, 7) is 6.52. The summed E-state index contributed by atoms with van der Waals surface area (Å²) in [6.07, 6.45) is 1.74. The van der Waals surface area contributed by atoms with E-state index in [0.29, 0.717) is 0 Å². The van der Waals surface area contributed by atoms with Crippen molar-refractivity contribution < 1.29 is 0 Å². The normalized spacial score (nSPS) is 11.6. The van der Waals surface area contributed by atoms with Gasteiger partial charge >= 0.3 is 0 Å². The third kappa shape index (κ3) is 2.12. The molecule has 0 aliphatic carbocycles. The zero-order valence-electron chi connectivity index (χ0n) is 6.93. The molecule has 0 aliphatic heterocycles. The third-order valence-corrected chi connectivity index (χ3v) is 2.28. The minimum absolute atomic E-state index is 0.173. The lowest BCUT2D eigenvalue weighted by Gasteiger charge is -2.18. The molecule has 0 atom stereocenters. The van der Waals surface area contributed by atoms with Crippen LogP contribution in [-0.4, -0.2) is 10.2 Å². The van der Waals surface area contributed by atoms with E-state index in [1.54, 1.807) is 6.20 Å². The van der Waals surface area contributed by atoms with Gasteiger partial charge in [-0.2, -0.15) is 5.10 Å². The van der Waals surface area contributed by atoms with Crippen molar-refractivity contribution in [3.63, 3.8) is 0 Å². The summed E-state index contributed by atoms with van der Waals surface area (Å²) in [6, 6.07) is 2.02. The number of hydrogen-bond donors (Lipinski definition) is 0. The SMILES string of the molecule is CC(C)(C)c1ccnnc1I. The lowest BCUT2D eigenvalue weighted by Crippen LogP contribution is -2.14. The molecule has 0 unspecified atom stereocenters. The van der Waals surface area contributed by atoms with E-state index in [-0.39, 0.29) is 5.41 Å². The Labute approximate surface area is 80.6 Å². The van der Waals surface area contributed by atoms with E-state index in [2.05, 4.69) is 53.6 Å². The molecule has 0 saturated heterocycles. The van der Waals surface area contributed by atoms with Gasteiger partial charge in [0, 0.05) is 6.20 Å². The second kappa shape index (κ2) is 3.05. The van der Waals surface area contributed by atoms with Gasteiger partial charge in [0.2, 0.25) is 0 Å². The molecule has 3 heteroatoms. The molecule has 0 radical (unpaired) electrons. The summed E-state index contributed by atoms with van der Waals surface area (Å²) in [7, 11) is 0. The van der Waals surface area contributed by atoms with E-state index in [1.807, 2.05) is 6.07 Å². The first-order valence-electron chi connectivity index (χ1n) is 3.49. The fraction of sp³-hybridized carbons (Fsp3) is 0.500. The first kappa shape index (κ1) is 8.90. The third-order valence-electron chi connectivity index (χ3n) is 1.48. The van der Waals surface area contributed by atoms with Gasteiger partial charge in [0.1, 0.15) is 3.70 Å². The Kier molecular flexibility index (Phi) is 2.47. The van der Waals surface area contributed by atoms with Crippen molar-refractivity contribution in [1.29, 1.82) is 0 Å². The van der Waals surface area contributed by atoms with Gasteiger partial charge < -0.3 is 0 Å². The molecule has 1 rings (SSSR count). The minimum Gasteiger partial charge on any atom is -0.158 e. The van der Waals surface area contributed by atoms with Crippen LogP contribution in [0.5, 0.6) is 0 Å². The smallest absolute Gasteiger partial charge is 0.127 e. The average molecular weight is 262 g/mol. The molecule has 1 heterocycles. The topological polar surface area (TPSA) is 25.8 Å². The zero-order chi connectivity index (χ0) is 8.48. The quantitative estimate of drug-likeness (QED) is 0.671. The molecule has 2 nitrogen and oxygen atoms in total. The average Bonchev–Trinajstić information content (AvgIpc) is 1.86. The number of nitrogens with zero attached hydrogens (tertiary/aromatic N) is 2. The standard InChI is InChI=1S/C8H11IN2/c1-8(2,3)6-4-5-10-11-7(6)9/h4-5H,1-3H3. The Morgan fingerprint density at radius 2 is 2.00 bits per heavy atom. The Morgan fingerprint density at radius 3 is 2.36 bits per heavy atom. The highest BCUT2D eigenvalue weighted by atomic mass is 127. The van der Waals surface area contributed by atoms with Gasteiger partial charge in [-0.15, -0.1) is 5.10 Å². The van der Waals surface area contributed by atoms with Crippen molar-refractivity contribution in [3.05, 3.63) is 21.5 Å². The maximum Gasteiger partial charge on any atom is 0.127 e. The molecular weight excluding hydrogens is 251 g/mol. The largest absolute Gasteiger partial charge is 0.158 e. The van der Waals surface area contributed by atoms with Gasteiger partial charge in [-0.05, 0) is 39.6 Å². The van der Waals surface area contributed by atoms with Crippen LogP contribution in [0.15, 0.2) is 12.3 Å². The van der Waals surface area contributed by atoms with Crippen molar-refractivity contribution in [2.75, 3.05) is 0 Å². The molecule has 1 aromatic rings. The summed E-state index contributed by atoms with van der Waals surface area (Å²) in [4.78, 5) is 0. The maximum atomic E-state index is 3.98. The van der Waals surface area contributed by atoms with Gasteiger partial charge in [0.25, 0.3) is 0 Å². The first-order valence-corrected chi connectivity index (χ1v) is 4.57. The number of aromatic nitrogens is 2. The molecule has 0 bridgehead atoms. The van der Waals surface area contributed by atoms with Gasteiger partial charge in [0.15, 0.2) is 0 Å². The van der Waals surface area contributed by atoms with Crippen LogP contribution in [0, 0.1) is 3.70 Å². The summed E-state index contributed by atoms with van der Waals surface area (Å²) >= 11 is 2.21. The molecule has 0 saturated carbocycles. The lowest BCUT2D eigenvalue weighted by atomic mass is 9.89. The summed E-state index contributed by atoms with van der Waals surface area (Å²) in [5, 5.41) is 7.78. The molecule has 0 amide bonds. The molecule has 0 aliphatic rings. The molecule has 0 spiro atoms. The number of rotatable bonds is 0. The van der Waals surface area contributed by atoms with Gasteiger partial charge in [-0.25, -0.2) is 0 Å². The predicted octanol–water partition coefficient (Wildman–Crippen LogP) is 2.38. The van der Waals surface area contributed by atoms with E-state index in [9.17, 15) is 0 Å². The number of hydrogen-bond acceptors (Lipinski definition) is 2. The van der Waals surface area contributed by atoms with E-state index in [1.165, 1.54) is 5.56 Å². The van der Waals surface area contributed by atoms with Crippen LogP contribution in [0.25, 0.3) is 0 Å². The highest BCUT2D eigenvalue weighted by molar-refractivity contribution is 14.1. The second-order valence-electron chi connectivity index (χ2n) is 3.49. The van der Waals surface area contributed by atoms with Crippen molar-refractivity contribution >= 4 is 22.6 Å². The predicted molar refractivity (Wildman–Crippen MR) is 53.4 cm³/mol. The van der Waals surface area contributed by atoms with Crippen LogP contribution in [0.1, 0.15) is 26.3 Å². The lowest BCUT2D eigenvalue weighted by molar-refractivity contribution is 0.579. The van der Waals surface area contributed by atoms with Crippen LogP contribution < -0.4 is 0 Å². The van der Waals surface area contributed by atoms with Crippen LogP contribution in [0.4, 0.5) is 0 Å². The molecule has 1 aromatic heterocycles. The maximum absolute atomic E-state index is 3.98. The van der Waals surface area contributed by atoms with Crippen molar-refractivity contribution in [1.82, 2.24) is 10.2 Å². The highest BCUT2D eigenvalue weighted by Crippen LogP contribution is 2.24. The van der Waals surface area contributed by atoms with E-state index in [4.69, 9.17) is 0 Å². The van der Waals surface area contributed by atoms with E-state index < -0.39 is 0 Å². The second-order valence-corrected chi connectivity index (χ2v) is 4.51. The van der Waals surface area contributed by atoms with Crippen LogP contribution in [0.2, 0.25) is 0 Å². The molecular formula is C8H11IN2. The van der Waals surface area contributed by atoms with Crippen LogP contribution in [-0.2, 0) is 5.41 Å². The Hall–Kier alpha value is -0.190. The van der Waals surface area contributed by atoms with Crippen molar-refractivity contribution in [3.8, 4) is 0 Å². The van der Waals surface area contributed by atoms with Gasteiger partial charge in [0.05, 0.1) is 0 Å². The molecule has 0 N–H and O–H groups in total. The summed E-state index contributed by atoms with van der Waals surface area (Å²) < 4.78 is 0.998. The fourth-order valence-electron chi connectivity index (χ4n) is 0.874. The highest BCUT2D eigenvalue weighted by Gasteiger charge is 2.16. The van der Waals surface area contributed by atoms with Gasteiger partial charge in [-0.1, -0.05) is 20.8 Å². The molecule has 0 fully saturated rings. The Morgan fingerprint density at radius 1 is 1.36 bits per heavy atom. The van der Waals surface area contributed by atoms with Gasteiger partial charge in [-0.3, -0.25) is 0 Å². The van der Waals surface area contributed by atoms with Crippen LogP contribution >= 0.6 is 22.6 Å². The van der Waals surface area contributed by atoms with Crippen molar-refractivity contribution in [2.45, 2.75) is 26.2 Å². The number of halogens is 1. The molecule has 0 aromatic carbocycles. The molecule has 11 heavy (non-hydrogen) atoms. The van der Waals surface area contributed by atoms with Crippen molar-refractivity contribution in [2.24, 2.45) is 0 Å². The minimum atomic E-state index is 0.173. The van der Waals surface area contributed by atoms with E-state index in [0.717, 1.165) is 3.70 Å². The van der Waals surface area contributed by atoms with E-state index >= 15 is 0 Å². The molecule has 60 valence electrons. The Balaban J connectivity index is 3.14. The van der Waals surface area contributed by atoms with Crippen LogP contribution in [0.3, 0.4) is 0 Å². The summed E-state index contributed by atoms with van der Waals surface area (Å²) in [5.41, 5.74) is 1.43. The first-order chi connectivity index (χ1) is 5.02. The monoisotopic (exact) mass is 262 g/mol. The fourth-order valence-corrected chi connectivity index (χ4v) is 1.99. The zero-order valence-corrected chi connectivity index (χ0v) is 9.08.